The first kappa shape index (κ1) is 26.1. The van der Waals surface area contributed by atoms with Crippen molar-refractivity contribution in [3.05, 3.63) is 41.8 Å². The van der Waals surface area contributed by atoms with E-state index in [-0.39, 0.29) is 43.1 Å². The summed E-state index contributed by atoms with van der Waals surface area (Å²) in [7, 11) is 0. The van der Waals surface area contributed by atoms with Gasteiger partial charge in [-0.05, 0) is 36.8 Å². The third-order valence-electron chi connectivity index (χ3n) is 5.68. The zero-order valence-corrected chi connectivity index (χ0v) is 19.0. The molecule has 1 saturated carbocycles. The Hall–Kier alpha value is -1.54. The van der Waals surface area contributed by atoms with E-state index < -0.39 is 60.7 Å². The monoisotopic (exact) mass is 505 g/mol. The Labute approximate surface area is 201 Å². The Morgan fingerprint density at radius 1 is 1.18 bits per heavy atom. The van der Waals surface area contributed by atoms with Crippen LogP contribution in [0.2, 0.25) is 0 Å². The van der Waals surface area contributed by atoms with Gasteiger partial charge in [0, 0.05) is 30.5 Å². The van der Waals surface area contributed by atoms with Crippen molar-refractivity contribution in [2.75, 3.05) is 6.79 Å². The van der Waals surface area contributed by atoms with Crippen molar-refractivity contribution in [3.8, 4) is 5.75 Å². The molecule has 2 heterocycles. The van der Waals surface area contributed by atoms with E-state index in [1.54, 1.807) is 0 Å². The summed E-state index contributed by atoms with van der Waals surface area (Å²) in [5.74, 6) is -1.36. The molecule has 2 unspecified atom stereocenters. The minimum absolute atomic E-state index is 0. The van der Waals surface area contributed by atoms with Gasteiger partial charge in [0.05, 0.1) is 6.04 Å². The molecule has 4 rings (SSSR count). The molecule has 0 bridgehead atoms. The standard InChI is InChI=1S/C21H25FNO9.V/c1-9(4-10-2-3-13(12(22)5-10)32-14-6-11(24)7-29-14)21(28)23-15-16(25)18(27)20-19(17(15)26)30-8-31-20;/h2-5,7,11,14-20,24-27H,6,8H2,1H3,(H,23,28);/q-1;/b9-4+;/t11-,14?,15?,16-,17+,18+,19-,20+;/m0./s1. The van der Waals surface area contributed by atoms with Crippen molar-refractivity contribution in [2.45, 2.75) is 62.3 Å². The van der Waals surface area contributed by atoms with Gasteiger partial charge < -0.3 is 44.7 Å². The molecule has 3 aliphatic rings. The summed E-state index contributed by atoms with van der Waals surface area (Å²) in [6, 6.07) is 2.90. The van der Waals surface area contributed by atoms with Gasteiger partial charge in [0.15, 0.2) is 17.9 Å². The Kier molecular flexibility index (Phi) is 8.54. The van der Waals surface area contributed by atoms with Crippen LogP contribution >= 0.6 is 0 Å². The van der Waals surface area contributed by atoms with Gasteiger partial charge in [0.2, 0.25) is 5.91 Å². The van der Waals surface area contributed by atoms with E-state index in [0.29, 0.717) is 5.56 Å². The molecule has 3 fully saturated rings. The molecular formula is C21H25FNO9V-. The maximum atomic E-state index is 14.4. The molecule has 2 saturated heterocycles. The number of rotatable bonds is 5. The van der Waals surface area contributed by atoms with E-state index in [2.05, 4.69) is 5.32 Å². The molecular weight excluding hydrogens is 480 g/mol. The third kappa shape index (κ3) is 5.59. The van der Waals surface area contributed by atoms with E-state index in [1.165, 1.54) is 37.8 Å². The number of carbonyl (C=O) groups is 1. The smallest absolute Gasteiger partial charge is 0.247 e. The van der Waals surface area contributed by atoms with E-state index in [0.717, 1.165) is 0 Å². The van der Waals surface area contributed by atoms with Gasteiger partial charge >= 0.3 is 0 Å². The third-order valence-corrected chi connectivity index (χ3v) is 5.68. The van der Waals surface area contributed by atoms with Crippen LogP contribution in [0.1, 0.15) is 18.9 Å². The second-order valence-corrected chi connectivity index (χ2v) is 7.99. The molecule has 181 valence electrons. The molecule has 1 radical (unpaired) electrons. The van der Waals surface area contributed by atoms with Gasteiger partial charge in [-0.1, -0.05) is 6.07 Å². The number of aliphatic hydroxyl groups excluding tert-OH is 4. The second-order valence-electron chi connectivity index (χ2n) is 7.99. The van der Waals surface area contributed by atoms with E-state index >= 15 is 0 Å². The maximum Gasteiger partial charge on any atom is 0.247 e. The van der Waals surface area contributed by atoms with Crippen LogP contribution in [-0.2, 0) is 37.6 Å². The Morgan fingerprint density at radius 3 is 2.52 bits per heavy atom. The number of aliphatic hydroxyl groups is 4. The number of amides is 1. The summed E-state index contributed by atoms with van der Waals surface area (Å²) in [5, 5.41) is 42.8. The van der Waals surface area contributed by atoms with Crippen molar-refractivity contribution in [3.63, 3.8) is 0 Å². The first-order valence-electron chi connectivity index (χ1n) is 10.1. The zero-order valence-electron chi connectivity index (χ0n) is 17.6. The molecule has 2 aliphatic heterocycles. The minimum Gasteiger partial charge on any atom is -0.518 e. The first-order chi connectivity index (χ1) is 15.2. The van der Waals surface area contributed by atoms with Gasteiger partial charge in [-0.15, -0.1) is 0 Å². The van der Waals surface area contributed by atoms with Crippen LogP contribution < -0.4 is 10.1 Å². The molecule has 0 spiro atoms. The van der Waals surface area contributed by atoms with E-state index in [1.807, 2.05) is 0 Å². The van der Waals surface area contributed by atoms with Crippen molar-refractivity contribution in [2.24, 2.45) is 0 Å². The van der Waals surface area contributed by atoms with E-state index in [4.69, 9.17) is 18.9 Å². The van der Waals surface area contributed by atoms with Crippen LogP contribution in [0.15, 0.2) is 23.8 Å². The molecule has 1 aromatic rings. The predicted octanol–water partition coefficient (Wildman–Crippen LogP) is -0.803. The first-order valence-corrected chi connectivity index (χ1v) is 10.1. The van der Waals surface area contributed by atoms with Crippen LogP contribution in [-0.4, -0.2) is 82.1 Å². The summed E-state index contributed by atoms with van der Waals surface area (Å²) in [4.78, 5) is 12.6. The topological polar surface area (TPSA) is 147 Å². The Balaban J connectivity index is 0.00000306. The summed E-state index contributed by atoms with van der Waals surface area (Å²) < 4.78 is 35.2. The van der Waals surface area contributed by atoms with Gasteiger partial charge in [-0.25, -0.2) is 4.39 Å². The maximum absolute atomic E-state index is 14.4. The SMILES string of the molecule is C/C(=C\c1ccc(OC2C[C@H](O)[CH-]O2)c(F)c1)C(=O)NC1[C@@H](O)[C@@H]2OCO[C@@H]2[C@H](O)[C@H]1O.[V]. The van der Waals surface area contributed by atoms with Crippen molar-refractivity contribution in [1.82, 2.24) is 5.32 Å². The molecule has 8 atom stereocenters. The fourth-order valence-corrected chi connectivity index (χ4v) is 3.94. The van der Waals surface area contributed by atoms with Crippen LogP contribution in [0.25, 0.3) is 6.08 Å². The van der Waals surface area contributed by atoms with Crippen LogP contribution in [0.3, 0.4) is 0 Å². The van der Waals surface area contributed by atoms with Crippen LogP contribution in [0.4, 0.5) is 4.39 Å². The molecule has 5 N–H and O–H groups in total. The number of benzene rings is 1. The van der Waals surface area contributed by atoms with Crippen molar-refractivity contribution >= 4 is 12.0 Å². The number of carbonyl (C=O) groups excluding carboxylic acids is 1. The summed E-state index contributed by atoms with van der Waals surface area (Å²) >= 11 is 0. The number of fused-ring (bicyclic) bond motifs is 1. The average Bonchev–Trinajstić information content (AvgIpc) is 3.40. The zero-order chi connectivity index (χ0) is 23.0. The Bertz CT molecular complexity index is 887. The number of hydrogen-bond donors (Lipinski definition) is 5. The molecule has 1 amide bonds. The summed E-state index contributed by atoms with van der Waals surface area (Å²) in [5.41, 5.74) is 0.549. The largest absolute Gasteiger partial charge is 0.518 e. The molecule has 33 heavy (non-hydrogen) atoms. The van der Waals surface area contributed by atoms with Gasteiger partial charge in [-0.3, -0.25) is 4.79 Å². The second kappa shape index (κ2) is 10.8. The average molecular weight is 505 g/mol. The van der Waals surface area contributed by atoms with Crippen molar-refractivity contribution < 1.29 is 67.1 Å². The molecule has 1 aliphatic carbocycles. The predicted molar refractivity (Wildman–Crippen MR) is 105 cm³/mol. The molecule has 10 nitrogen and oxygen atoms in total. The fourth-order valence-electron chi connectivity index (χ4n) is 3.94. The van der Waals surface area contributed by atoms with Crippen LogP contribution in [0.5, 0.6) is 5.75 Å². The van der Waals surface area contributed by atoms with E-state index in [9.17, 15) is 29.6 Å². The number of nitrogens with one attached hydrogen (secondary N) is 1. The number of ether oxygens (including phenoxy) is 4. The Morgan fingerprint density at radius 2 is 1.88 bits per heavy atom. The molecule has 1 aromatic carbocycles. The van der Waals surface area contributed by atoms with Gasteiger partial charge in [-0.2, -0.15) is 6.61 Å². The summed E-state index contributed by atoms with van der Waals surface area (Å²) in [6.45, 7) is 2.57. The summed E-state index contributed by atoms with van der Waals surface area (Å²) in [6.07, 6.45) is -5.82. The quantitative estimate of drug-likeness (QED) is 0.256. The normalized spacial score (nSPS) is 36.1. The molecule has 0 aromatic heterocycles. The molecule has 12 heteroatoms. The minimum atomic E-state index is -1.47. The fraction of sp³-hybridized carbons (Fsp3) is 0.524. The van der Waals surface area contributed by atoms with Gasteiger partial charge in [0.25, 0.3) is 0 Å². The number of hydrogen-bond acceptors (Lipinski definition) is 9. The van der Waals surface area contributed by atoms with Crippen molar-refractivity contribution in [1.29, 1.82) is 0 Å². The van der Waals surface area contributed by atoms with Crippen LogP contribution in [0, 0.1) is 12.4 Å². The number of halogens is 1. The van der Waals surface area contributed by atoms with Gasteiger partial charge in [0.1, 0.15) is 37.3 Å².